The summed E-state index contributed by atoms with van der Waals surface area (Å²) in [7, 11) is 0. The first-order valence-corrected chi connectivity index (χ1v) is 7.28. The molecule has 0 aromatic heterocycles. The van der Waals surface area contributed by atoms with E-state index in [-0.39, 0.29) is 6.61 Å². The zero-order valence-corrected chi connectivity index (χ0v) is 12.6. The van der Waals surface area contributed by atoms with Gasteiger partial charge in [0.2, 0.25) is 0 Å². The van der Waals surface area contributed by atoms with E-state index in [2.05, 4.69) is 58.2 Å². The van der Waals surface area contributed by atoms with Gasteiger partial charge < -0.3 is 15.3 Å². The summed E-state index contributed by atoms with van der Waals surface area (Å²) in [5.74, 6) is 0. The van der Waals surface area contributed by atoms with Crippen molar-refractivity contribution < 1.29 is 5.11 Å². The Morgan fingerprint density at radius 1 is 1.50 bits per heavy atom. The van der Waals surface area contributed by atoms with E-state index in [1.54, 1.807) is 0 Å². The molecule has 0 saturated carbocycles. The summed E-state index contributed by atoms with van der Waals surface area (Å²) in [4.78, 5) is 2.40. The van der Waals surface area contributed by atoms with E-state index in [0.29, 0.717) is 12.1 Å². The zero-order chi connectivity index (χ0) is 13.1. The molecule has 1 saturated heterocycles. The molecule has 1 aromatic carbocycles. The average Bonchev–Trinajstić information content (AvgIpc) is 2.32. The number of aliphatic hydroxyl groups is 1. The molecule has 1 aliphatic heterocycles. The van der Waals surface area contributed by atoms with Crippen molar-refractivity contribution in [2.24, 2.45) is 0 Å². The van der Waals surface area contributed by atoms with E-state index in [1.165, 1.54) is 11.3 Å². The lowest BCUT2D eigenvalue weighted by molar-refractivity contribution is 0.260. The minimum absolute atomic E-state index is 0.237. The molecule has 0 bridgehead atoms. The Hall–Kier alpha value is -0.580. The molecule has 0 radical (unpaired) electrons. The number of anilines is 1. The number of nitrogens with one attached hydrogen (secondary N) is 1. The van der Waals surface area contributed by atoms with Gasteiger partial charge in [0.1, 0.15) is 0 Å². The Morgan fingerprint density at radius 2 is 2.28 bits per heavy atom. The Bertz CT molecular complexity index is 411. The first-order valence-electron chi connectivity index (χ1n) is 6.49. The van der Waals surface area contributed by atoms with Gasteiger partial charge in [0.15, 0.2) is 0 Å². The van der Waals surface area contributed by atoms with Crippen molar-refractivity contribution >= 4 is 21.6 Å². The number of hydrogen-bond donors (Lipinski definition) is 2. The van der Waals surface area contributed by atoms with Gasteiger partial charge in [-0.15, -0.1) is 0 Å². The predicted octanol–water partition coefficient (Wildman–Crippen LogP) is 2.31. The quantitative estimate of drug-likeness (QED) is 0.899. The van der Waals surface area contributed by atoms with Crippen LogP contribution in [0, 0.1) is 6.92 Å². The van der Waals surface area contributed by atoms with Gasteiger partial charge in [-0.25, -0.2) is 0 Å². The van der Waals surface area contributed by atoms with E-state index >= 15 is 0 Å². The van der Waals surface area contributed by atoms with Gasteiger partial charge in [0.25, 0.3) is 0 Å². The number of rotatable bonds is 3. The molecule has 0 amide bonds. The predicted molar refractivity (Wildman–Crippen MR) is 79.2 cm³/mol. The maximum Gasteiger partial charge on any atom is 0.0514 e. The minimum atomic E-state index is 0.237. The van der Waals surface area contributed by atoms with Gasteiger partial charge >= 0.3 is 0 Å². The molecule has 1 heterocycles. The number of hydrogen-bond acceptors (Lipinski definition) is 3. The SMILES string of the molecule is Cc1ccc(N2CC(C)NCC2CCO)c(Br)c1. The van der Waals surface area contributed by atoms with Crippen LogP contribution in [0.3, 0.4) is 0 Å². The number of benzene rings is 1. The number of halogens is 1. The molecule has 2 N–H and O–H groups in total. The van der Waals surface area contributed by atoms with Gasteiger partial charge in [0.05, 0.1) is 5.69 Å². The molecule has 4 heteroatoms. The highest BCUT2D eigenvalue weighted by Gasteiger charge is 2.26. The van der Waals surface area contributed by atoms with Crippen LogP contribution >= 0.6 is 15.9 Å². The van der Waals surface area contributed by atoms with Crippen molar-refractivity contribution in [3.63, 3.8) is 0 Å². The van der Waals surface area contributed by atoms with Crippen LogP contribution in [-0.4, -0.2) is 36.9 Å². The highest BCUT2D eigenvalue weighted by molar-refractivity contribution is 9.10. The second-order valence-electron chi connectivity index (χ2n) is 5.08. The van der Waals surface area contributed by atoms with Crippen LogP contribution in [0.4, 0.5) is 5.69 Å². The van der Waals surface area contributed by atoms with Crippen LogP contribution in [0.5, 0.6) is 0 Å². The second-order valence-corrected chi connectivity index (χ2v) is 5.94. The maximum absolute atomic E-state index is 9.20. The van der Waals surface area contributed by atoms with Crippen LogP contribution in [0.1, 0.15) is 18.9 Å². The number of nitrogens with zero attached hydrogens (tertiary/aromatic N) is 1. The first-order chi connectivity index (χ1) is 8.61. The molecular weight excluding hydrogens is 292 g/mol. The Morgan fingerprint density at radius 3 is 2.94 bits per heavy atom. The third-order valence-corrected chi connectivity index (χ3v) is 4.12. The molecule has 0 aliphatic carbocycles. The molecule has 100 valence electrons. The largest absolute Gasteiger partial charge is 0.396 e. The fourth-order valence-electron chi connectivity index (χ4n) is 2.50. The van der Waals surface area contributed by atoms with Crippen molar-refractivity contribution in [3.05, 3.63) is 28.2 Å². The normalized spacial score (nSPS) is 24.3. The fraction of sp³-hybridized carbons (Fsp3) is 0.571. The minimum Gasteiger partial charge on any atom is -0.396 e. The topological polar surface area (TPSA) is 35.5 Å². The number of aryl methyl sites for hydroxylation is 1. The standard InChI is InChI=1S/C14H21BrN2O/c1-10-3-4-14(13(15)7-10)17-9-11(2)16-8-12(17)5-6-18/h3-4,7,11-12,16,18H,5-6,8-9H2,1-2H3. The summed E-state index contributed by atoms with van der Waals surface area (Å²) in [6.45, 7) is 6.44. The monoisotopic (exact) mass is 312 g/mol. The first kappa shape index (κ1) is 13.8. The second kappa shape index (κ2) is 6.04. The summed E-state index contributed by atoms with van der Waals surface area (Å²) in [5, 5.41) is 12.7. The van der Waals surface area contributed by atoms with Crippen LogP contribution in [0.15, 0.2) is 22.7 Å². The molecule has 0 spiro atoms. The maximum atomic E-state index is 9.20. The van der Waals surface area contributed by atoms with Gasteiger partial charge in [-0.05, 0) is 53.9 Å². The number of piperazine rings is 1. The molecule has 2 rings (SSSR count). The lowest BCUT2D eigenvalue weighted by atomic mass is 10.1. The molecule has 18 heavy (non-hydrogen) atoms. The van der Waals surface area contributed by atoms with Gasteiger partial charge in [-0.2, -0.15) is 0 Å². The highest BCUT2D eigenvalue weighted by Crippen LogP contribution is 2.30. The van der Waals surface area contributed by atoms with E-state index in [4.69, 9.17) is 0 Å². The molecule has 2 atom stereocenters. The summed E-state index contributed by atoms with van der Waals surface area (Å²) in [6, 6.07) is 7.31. The Labute approximate surface area is 117 Å². The molecule has 1 aromatic rings. The third-order valence-electron chi connectivity index (χ3n) is 3.49. The van der Waals surface area contributed by atoms with E-state index in [9.17, 15) is 5.11 Å². The molecule has 2 unspecified atom stereocenters. The van der Waals surface area contributed by atoms with Gasteiger partial charge in [0, 0.05) is 36.3 Å². The van der Waals surface area contributed by atoms with Crippen LogP contribution in [0.25, 0.3) is 0 Å². The van der Waals surface area contributed by atoms with Crippen molar-refractivity contribution in [2.45, 2.75) is 32.4 Å². The molecular formula is C14H21BrN2O. The van der Waals surface area contributed by atoms with E-state index < -0.39 is 0 Å². The molecule has 3 nitrogen and oxygen atoms in total. The summed E-state index contributed by atoms with van der Waals surface area (Å²) >= 11 is 3.66. The Kier molecular flexibility index (Phi) is 4.65. The van der Waals surface area contributed by atoms with Crippen LogP contribution < -0.4 is 10.2 Å². The van der Waals surface area contributed by atoms with Gasteiger partial charge in [-0.3, -0.25) is 0 Å². The van der Waals surface area contributed by atoms with E-state index in [1.807, 2.05) is 0 Å². The van der Waals surface area contributed by atoms with Crippen LogP contribution in [-0.2, 0) is 0 Å². The fourth-order valence-corrected chi connectivity index (χ4v) is 3.22. The van der Waals surface area contributed by atoms with Gasteiger partial charge in [-0.1, -0.05) is 6.07 Å². The van der Waals surface area contributed by atoms with Crippen molar-refractivity contribution in [1.82, 2.24) is 5.32 Å². The third kappa shape index (κ3) is 3.05. The molecule has 1 aliphatic rings. The summed E-state index contributed by atoms with van der Waals surface area (Å²) < 4.78 is 1.14. The number of aliphatic hydroxyl groups excluding tert-OH is 1. The van der Waals surface area contributed by atoms with Crippen molar-refractivity contribution in [1.29, 1.82) is 0 Å². The van der Waals surface area contributed by atoms with Crippen molar-refractivity contribution in [2.75, 3.05) is 24.6 Å². The smallest absolute Gasteiger partial charge is 0.0514 e. The Balaban J connectivity index is 2.26. The summed E-state index contributed by atoms with van der Waals surface area (Å²) in [5.41, 5.74) is 2.49. The average molecular weight is 313 g/mol. The lowest BCUT2D eigenvalue weighted by Gasteiger charge is -2.41. The van der Waals surface area contributed by atoms with Crippen LogP contribution in [0.2, 0.25) is 0 Å². The highest BCUT2D eigenvalue weighted by atomic mass is 79.9. The van der Waals surface area contributed by atoms with E-state index in [0.717, 1.165) is 24.0 Å². The lowest BCUT2D eigenvalue weighted by Crippen LogP contribution is -2.56. The summed E-state index contributed by atoms with van der Waals surface area (Å²) in [6.07, 6.45) is 0.806. The zero-order valence-electron chi connectivity index (χ0n) is 11.0. The van der Waals surface area contributed by atoms with Crippen molar-refractivity contribution in [3.8, 4) is 0 Å². The molecule has 1 fully saturated rings.